The minimum Gasteiger partial charge on any atom is -0.396 e. The van der Waals surface area contributed by atoms with E-state index >= 15 is 0 Å². The third-order valence-corrected chi connectivity index (χ3v) is 3.26. The molecule has 1 nitrogen and oxygen atoms in total. The van der Waals surface area contributed by atoms with Gasteiger partial charge in [-0.15, -0.1) is 0 Å². The first-order valence-corrected chi connectivity index (χ1v) is 4.12. The molecule has 0 unspecified atom stereocenters. The lowest BCUT2D eigenvalue weighted by Gasteiger charge is -2.21. The van der Waals surface area contributed by atoms with Crippen molar-refractivity contribution in [3.8, 4) is 0 Å². The predicted molar refractivity (Wildman–Crippen MR) is 40.5 cm³/mol. The number of hydrogen-bond acceptors (Lipinski definition) is 1. The summed E-state index contributed by atoms with van der Waals surface area (Å²) in [4.78, 5) is 0. The number of allylic oxidation sites excluding steroid dienone is 2. The molecular weight excluding hydrogens is 124 g/mol. The van der Waals surface area contributed by atoms with Gasteiger partial charge in [-0.2, -0.15) is 0 Å². The number of rotatable bonds is 1. The van der Waals surface area contributed by atoms with Gasteiger partial charge < -0.3 is 5.11 Å². The Kier molecular flexibility index (Phi) is 1.34. The molecule has 1 saturated carbocycles. The fraction of sp³-hybridized carbons (Fsp3) is 0.778. The average molecular weight is 138 g/mol. The second-order valence-corrected chi connectivity index (χ2v) is 3.65. The molecule has 1 N–H and O–H groups in total. The number of aliphatic hydroxyl groups excluding tert-OH is 1. The molecule has 2 bridgehead atoms. The summed E-state index contributed by atoms with van der Waals surface area (Å²) in [6.45, 7) is 2.64. The molecule has 0 spiro atoms. The van der Waals surface area contributed by atoms with Crippen molar-refractivity contribution in [3.05, 3.63) is 12.2 Å². The van der Waals surface area contributed by atoms with Gasteiger partial charge in [0, 0.05) is 6.61 Å². The fourth-order valence-electron chi connectivity index (χ4n) is 2.47. The zero-order chi connectivity index (χ0) is 7.14. The van der Waals surface area contributed by atoms with Crippen LogP contribution in [0.25, 0.3) is 0 Å². The third-order valence-electron chi connectivity index (χ3n) is 3.26. The van der Waals surface area contributed by atoms with Gasteiger partial charge in [-0.25, -0.2) is 0 Å². The molecule has 4 atom stereocenters. The van der Waals surface area contributed by atoms with Crippen LogP contribution in [0.15, 0.2) is 12.2 Å². The van der Waals surface area contributed by atoms with Crippen LogP contribution < -0.4 is 0 Å². The van der Waals surface area contributed by atoms with Crippen LogP contribution in [-0.2, 0) is 0 Å². The summed E-state index contributed by atoms with van der Waals surface area (Å²) in [7, 11) is 0. The Morgan fingerprint density at radius 3 is 2.50 bits per heavy atom. The van der Waals surface area contributed by atoms with E-state index in [1.54, 1.807) is 0 Å². The summed E-state index contributed by atoms with van der Waals surface area (Å²) in [6.07, 6.45) is 5.90. The van der Waals surface area contributed by atoms with Crippen molar-refractivity contribution in [3.63, 3.8) is 0 Å². The van der Waals surface area contributed by atoms with Crippen molar-refractivity contribution in [1.29, 1.82) is 0 Å². The lowest BCUT2D eigenvalue weighted by atomic mass is 9.85. The van der Waals surface area contributed by atoms with E-state index in [9.17, 15) is 0 Å². The second-order valence-electron chi connectivity index (χ2n) is 3.65. The number of aliphatic hydroxyl groups is 1. The first-order valence-electron chi connectivity index (χ1n) is 4.12. The standard InChI is InChI=1S/C9H14O/c1-6-7-2-3-8(4-7)9(6)5-10/h2-3,6-10H,4-5H2,1H3/t6-,7+,8+,9+/m0/s1. The first kappa shape index (κ1) is 6.41. The van der Waals surface area contributed by atoms with Gasteiger partial charge in [0.05, 0.1) is 0 Å². The molecule has 0 aromatic rings. The van der Waals surface area contributed by atoms with Crippen LogP contribution >= 0.6 is 0 Å². The summed E-state index contributed by atoms with van der Waals surface area (Å²) in [6, 6.07) is 0. The Morgan fingerprint density at radius 2 is 2.10 bits per heavy atom. The zero-order valence-corrected chi connectivity index (χ0v) is 6.33. The Morgan fingerprint density at radius 1 is 1.40 bits per heavy atom. The average Bonchev–Trinajstić information content (AvgIpc) is 2.46. The van der Waals surface area contributed by atoms with E-state index in [-0.39, 0.29) is 0 Å². The fourth-order valence-corrected chi connectivity index (χ4v) is 2.47. The molecule has 1 heteroatoms. The Balaban J connectivity index is 2.18. The largest absolute Gasteiger partial charge is 0.396 e. The summed E-state index contributed by atoms with van der Waals surface area (Å²) in [5, 5.41) is 9.02. The van der Waals surface area contributed by atoms with Crippen LogP contribution in [0.3, 0.4) is 0 Å². The smallest absolute Gasteiger partial charge is 0.0467 e. The summed E-state index contributed by atoms with van der Waals surface area (Å²) < 4.78 is 0. The molecule has 2 aliphatic carbocycles. The summed E-state index contributed by atoms with van der Waals surface area (Å²) in [5.74, 6) is 2.77. The molecule has 0 saturated heterocycles. The molecule has 56 valence electrons. The maximum absolute atomic E-state index is 9.02. The molecule has 0 aromatic heterocycles. The van der Waals surface area contributed by atoms with E-state index in [2.05, 4.69) is 19.1 Å². The predicted octanol–water partition coefficient (Wildman–Crippen LogP) is 1.44. The lowest BCUT2D eigenvalue weighted by Crippen LogP contribution is -2.19. The molecular formula is C9H14O. The quantitative estimate of drug-likeness (QED) is 0.543. The van der Waals surface area contributed by atoms with Gasteiger partial charge in [-0.1, -0.05) is 19.1 Å². The first-order chi connectivity index (χ1) is 4.83. The lowest BCUT2D eigenvalue weighted by molar-refractivity contribution is 0.172. The van der Waals surface area contributed by atoms with Gasteiger partial charge in [0.1, 0.15) is 0 Å². The molecule has 0 radical (unpaired) electrons. The Bertz CT molecular complexity index is 162. The maximum Gasteiger partial charge on any atom is 0.0467 e. The SMILES string of the molecule is C[C@@H]1[C@@H](CO)[C@@H]2C=C[C@@H]1C2. The molecule has 10 heavy (non-hydrogen) atoms. The highest BCUT2D eigenvalue weighted by atomic mass is 16.3. The normalized spacial score (nSPS) is 50.6. The van der Waals surface area contributed by atoms with Gasteiger partial charge in [-0.3, -0.25) is 0 Å². The van der Waals surface area contributed by atoms with Crippen molar-refractivity contribution in [2.75, 3.05) is 6.61 Å². The summed E-state index contributed by atoms with van der Waals surface area (Å²) in [5.41, 5.74) is 0. The van der Waals surface area contributed by atoms with Gasteiger partial charge >= 0.3 is 0 Å². The van der Waals surface area contributed by atoms with Crippen molar-refractivity contribution in [2.45, 2.75) is 13.3 Å². The highest BCUT2D eigenvalue weighted by Crippen LogP contribution is 2.47. The van der Waals surface area contributed by atoms with Crippen LogP contribution in [0, 0.1) is 23.7 Å². The van der Waals surface area contributed by atoms with Crippen molar-refractivity contribution < 1.29 is 5.11 Å². The molecule has 0 amide bonds. The summed E-state index contributed by atoms with van der Waals surface area (Å²) >= 11 is 0. The van der Waals surface area contributed by atoms with Crippen molar-refractivity contribution in [2.24, 2.45) is 23.7 Å². The Hall–Kier alpha value is -0.300. The molecule has 2 aliphatic rings. The maximum atomic E-state index is 9.02. The molecule has 0 aromatic carbocycles. The van der Waals surface area contributed by atoms with Crippen molar-refractivity contribution >= 4 is 0 Å². The van der Waals surface area contributed by atoms with E-state index in [0.717, 1.165) is 11.8 Å². The van der Waals surface area contributed by atoms with Crippen LogP contribution in [0.2, 0.25) is 0 Å². The molecule has 2 rings (SSSR count). The number of fused-ring (bicyclic) bond motifs is 2. The van der Waals surface area contributed by atoms with Gasteiger partial charge in [0.2, 0.25) is 0 Å². The van der Waals surface area contributed by atoms with Gasteiger partial charge in [0.15, 0.2) is 0 Å². The van der Waals surface area contributed by atoms with E-state index in [1.165, 1.54) is 6.42 Å². The van der Waals surface area contributed by atoms with Gasteiger partial charge in [-0.05, 0) is 30.1 Å². The van der Waals surface area contributed by atoms with E-state index in [4.69, 9.17) is 5.11 Å². The van der Waals surface area contributed by atoms with Crippen molar-refractivity contribution in [1.82, 2.24) is 0 Å². The monoisotopic (exact) mass is 138 g/mol. The van der Waals surface area contributed by atoms with Crippen LogP contribution in [0.5, 0.6) is 0 Å². The van der Waals surface area contributed by atoms with E-state index in [1.807, 2.05) is 0 Å². The van der Waals surface area contributed by atoms with Crippen LogP contribution in [-0.4, -0.2) is 11.7 Å². The molecule has 1 fully saturated rings. The van der Waals surface area contributed by atoms with Crippen LogP contribution in [0.1, 0.15) is 13.3 Å². The molecule has 0 heterocycles. The highest BCUT2D eigenvalue weighted by Gasteiger charge is 2.40. The second kappa shape index (κ2) is 2.09. The van der Waals surface area contributed by atoms with Gasteiger partial charge in [0.25, 0.3) is 0 Å². The minimum atomic E-state index is 0.382. The number of hydrogen-bond donors (Lipinski definition) is 1. The Labute approximate surface area is 61.8 Å². The third kappa shape index (κ3) is 0.671. The topological polar surface area (TPSA) is 20.2 Å². The van der Waals surface area contributed by atoms with E-state index in [0.29, 0.717) is 18.4 Å². The van der Waals surface area contributed by atoms with Crippen LogP contribution in [0.4, 0.5) is 0 Å². The zero-order valence-electron chi connectivity index (χ0n) is 6.33. The highest BCUT2D eigenvalue weighted by molar-refractivity contribution is 5.12. The molecule has 0 aliphatic heterocycles. The minimum absolute atomic E-state index is 0.382. The van der Waals surface area contributed by atoms with E-state index < -0.39 is 0 Å².